The summed E-state index contributed by atoms with van der Waals surface area (Å²) in [4.78, 5) is 13.8. The van der Waals surface area contributed by atoms with Gasteiger partial charge in [0.25, 0.3) is 5.56 Å². The predicted octanol–water partition coefficient (Wildman–Crippen LogP) is 0.316. The number of aromatic nitrogens is 2. The average Bonchev–Trinajstić information content (AvgIpc) is 2.83. The predicted molar refractivity (Wildman–Crippen MR) is 70.7 cm³/mol. The highest BCUT2D eigenvalue weighted by molar-refractivity contribution is 7.71. The van der Waals surface area contributed by atoms with Gasteiger partial charge in [-0.05, 0) is 26.1 Å². The molecular formula is C12H16N2O5S. The second-order valence-corrected chi connectivity index (χ2v) is 5.72. The van der Waals surface area contributed by atoms with E-state index in [1.54, 1.807) is 10.8 Å². The highest BCUT2D eigenvalue weighted by Crippen LogP contribution is 2.42. The molecule has 0 saturated carbocycles. The molecule has 0 radical (unpaired) electrons. The Morgan fingerprint density at radius 2 is 2.15 bits per heavy atom. The molecule has 2 fully saturated rings. The van der Waals surface area contributed by atoms with Crippen LogP contribution in [0.4, 0.5) is 0 Å². The molecule has 4 atom stereocenters. The summed E-state index contributed by atoms with van der Waals surface area (Å²) in [5, 5.41) is 9.41. The summed E-state index contributed by atoms with van der Waals surface area (Å²) in [6.45, 7) is 3.44. The molecule has 8 heteroatoms. The molecule has 0 aliphatic carbocycles. The van der Waals surface area contributed by atoms with Gasteiger partial charge in [-0.3, -0.25) is 14.3 Å². The van der Waals surface area contributed by atoms with Crippen LogP contribution in [0.25, 0.3) is 0 Å². The van der Waals surface area contributed by atoms with Gasteiger partial charge < -0.3 is 19.3 Å². The third-order valence-electron chi connectivity index (χ3n) is 3.43. The molecule has 2 N–H and O–H groups in total. The van der Waals surface area contributed by atoms with Crippen molar-refractivity contribution >= 4 is 12.2 Å². The summed E-state index contributed by atoms with van der Waals surface area (Å²) in [5.41, 5.74) is -0.275. The molecule has 0 amide bonds. The van der Waals surface area contributed by atoms with E-state index >= 15 is 0 Å². The fourth-order valence-electron chi connectivity index (χ4n) is 2.66. The van der Waals surface area contributed by atoms with Crippen LogP contribution >= 0.6 is 12.2 Å². The number of fused-ring (bicyclic) bond motifs is 1. The van der Waals surface area contributed by atoms with Crippen LogP contribution in [0.2, 0.25) is 0 Å². The van der Waals surface area contributed by atoms with Crippen molar-refractivity contribution in [1.29, 1.82) is 0 Å². The minimum absolute atomic E-state index is 0.173. The number of aliphatic hydroxyl groups is 1. The Morgan fingerprint density at radius 1 is 1.45 bits per heavy atom. The molecule has 3 heterocycles. The fraction of sp³-hybridized carbons (Fsp3) is 0.667. The first-order chi connectivity index (χ1) is 9.41. The van der Waals surface area contributed by atoms with Gasteiger partial charge in [-0.2, -0.15) is 0 Å². The minimum Gasteiger partial charge on any atom is -0.394 e. The number of H-pyrrole nitrogens is 1. The van der Waals surface area contributed by atoms with Crippen molar-refractivity contribution in [2.24, 2.45) is 0 Å². The lowest BCUT2D eigenvalue weighted by Crippen LogP contribution is -2.31. The molecule has 0 aromatic carbocycles. The second-order valence-electron chi connectivity index (χ2n) is 5.33. The summed E-state index contributed by atoms with van der Waals surface area (Å²) >= 11 is 5.14. The van der Waals surface area contributed by atoms with E-state index in [0.717, 1.165) is 0 Å². The van der Waals surface area contributed by atoms with Crippen molar-refractivity contribution in [2.75, 3.05) is 6.61 Å². The maximum absolute atomic E-state index is 11.2. The monoisotopic (exact) mass is 300 g/mol. The SMILES string of the molecule is CC1(C)O[C@@H]2[C@H](O1)[C@@H](CO)O[C@H]2n1ccc(=O)[nH]c1=S. The van der Waals surface area contributed by atoms with Crippen molar-refractivity contribution < 1.29 is 19.3 Å². The van der Waals surface area contributed by atoms with Crippen molar-refractivity contribution in [3.63, 3.8) is 0 Å². The highest BCUT2D eigenvalue weighted by Gasteiger charge is 2.55. The summed E-state index contributed by atoms with van der Waals surface area (Å²) in [6.07, 6.45) is -0.227. The standard InChI is InChI=1S/C12H16N2O5S/c1-12(2)18-8-6(5-15)17-10(9(8)19-12)14-4-3-7(16)13-11(14)20/h3-4,6,8-10,15H,5H2,1-2H3,(H,13,16,20)/t6-,8-,9-,10-/m1/s1. The molecule has 0 bridgehead atoms. The number of nitrogens with zero attached hydrogens (tertiary/aromatic N) is 1. The maximum Gasteiger partial charge on any atom is 0.251 e. The van der Waals surface area contributed by atoms with Crippen LogP contribution in [-0.2, 0) is 14.2 Å². The van der Waals surface area contributed by atoms with Gasteiger partial charge in [0.2, 0.25) is 0 Å². The van der Waals surface area contributed by atoms with Crippen LogP contribution < -0.4 is 5.56 Å². The van der Waals surface area contributed by atoms with Crippen LogP contribution in [0, 0.1) is 4.77 Å². The lowest BCUT2D eigenvalue weighted by molar-refractivity contribution is -0.200. The van der Waals surface area contributed by atoms with E-state index in [9.17, 15) is 9.90 Å². The lowest BCUT2D eigenvalue weighted by atomic mass is 10.1. The van der Waals surface area contributed by atoms with Gasteiger partial charge in [0.15, 0.2) is 16.8 Å². The average molecular weight is 300 g/mol. The van der Waals surface area contributed by atoms with E-state index in [-0.39, 0.29) is 29.1 Å². The van der Waals surface area contributed by atoms with Gasteiger partial charge in [0.1, 0.15) is 18.3 Å². The van der Waals surface area contributed by atoms with Gasteiger partial charge in [-0.25, -0.2) is 0 Å². The Bertz CT molecular complexity index is 625. The highest BCUT2D eigenvalue weighted by atomic mass is 32.1. The topological polar surface area (TPSA) is 85.7 Å². The molecule has 7 nitrogen and oxygen atoms in total. The number of rotatable bonds is 2. The van der Waals surface area contributed by atoms with E-state index in [0.29, 0.717) is 0 Å². The van der Waals surface area contributed by atoms with E-state index in [1.165, 1.54) is 6.07 Å². The van der Waals surface area contributed by atoms with Crippen LogP contribution in [0.3, 0.4) is 0 Å². The zero-order valence-corrected chi connectivity index (χ0v) is 11.9. The number of aliphatic hydroxyl groups excluding tert-OH is 1. The molecule has 1 aromatic heterocycles. The molecule has 110 valence electrons. The first-order valence-electron chi connectivity index (χ1n) is 6.35. The first-order valence-corrected chi connectivity index (χ1v) is 6.75. The van der Waals surface area contributed by atoms with Gasteiger partial charge in [-0.15, -0.1) is 0 Å². The molecule has 0 unspecified atom stereocenters. The van der Waals surface area contributed by atoms with E-state index in [4.69, 9.17) is 26.4 Å². The van der Waals surface area contributed by atoms with Crippen molar-refractivity contribution in [3.05, 3.63) is 27.4 Å². The van der Waals surface area contributed by atoms with Gasteiger partial charge in [0, 0.05) is 12.3 Å². The van der Waals surface area contributed by atoms with Crippen molar-refractivity contribution in [2.45, 2.75) is 44.2 Å². The third-order valence-corrected chi connectivity index (χ3v) is 3.74. The van der Waals surface area contributed by atoms with Crippen molar-refractivity contribution in [1.82, 2.24) is 9.55 Å². The minimum atomic E-state index is -0.741. The number of ether oxygens (including phenoxy) is 3. The summed E-state index contributed by atoms with van der Waals surface area (Å²) in [6, 6.07) is 1.36. The molecule has 2 aliphatic rings. The smallest absolute Gasteiger partial charge is 0.251 e. The lowest BCUT2D eigenvalue weighted by Gasteiger charge is -2.24. The quantitative estimate of drug-likeness (QED) is 0.765. The Kier molecular flexibility index (Phi) is 3.30. The Morgan fingerprint density at radius 3 is 2.80 bits per heavy atom. The van der Waals surface area contributed by atoms with E-state index in [1.807, 2.05) is 13.8 Å². The molecule has 1 aromatic rings. The summed E-state index contributed by atoms with van der Waals surface area (Å²) in [7, 11) is 0. The van der Waals surface area contributed by atoms with E-state index < -0.39 is 18.1 Å². The van der Waals surface area contributed by atoms with Gasteiger partial charge in [0.05, 0.1) is 6.61 Å². The van der Waals surface area contributed by atoms with Crippen LogP contribution in [0.1, 0.15) is 20.1 Å². The Balaban J connectivity index is 1.98. The number of aromatic amines is 1. The van der Waals surface area contributed by atoms with Gasteiger partial charge in [-0.1, -0.05) is 0 Å². The summed E-state index contributed by atoms with van der Waals surface area (Å²) < 4.78 is 19.2. The zero-order chi connectivity index (χ0) is 14.5. The molecule has 2 aliphatic heterocycles. The fourth-order valence-corrected chi connectivity index (χ4v) is 2.92. The Labute approximate surface area is 120 Å². The molecular weight excluding hydrogens is 284 g/mol. The second kappa shape index (κ2) is 4.74. The number of hydrogen-bond acceptors (Lipinski definition) is 6. The number of hydrogen-bond donors (Lipinski definition) is 2. The van der Waals surface area contributed by atoms with E-state index in [2.05, 4.69) is 4.98 Å². The zero-order valence-electron chi connectivity index (χ0n) is 11.1. The normalized spacial score (nSPS) is 35.1. The molecule has 20 heavy (non-hydrogen) atoms. The Hall–Kier alpha value is -1.06. The molecule has 0 spiro atoms. The maximum atomic E-state index is 11.2. The third kappa shape index (κ3) is 2.23. The van der Waals surface area contributed by atoms with Crippen LogP contribution in [-0.4, -0.2) is 45.4 Å². The molecule has 2 saturated heterocycles. The number of nitrogens with one attached hydrogen (secondary N) is 1. The largest absolute Gasteiger partial charge is 0.394 e. The van der Waals surface area contributed by atoms with Crippen LogP contribution in [0.15, 0.2) is 17.1 Å². The van der Waals surface area contributed by atoms with Crippen molar-refractivity contribution in [3.8, 4) is 0 Å². The summed E-state index contributed by atoms with van der Waals surface area (Å²) in [5.74, 6) is -0.741. The van der Waals surface area contributed by atoms with Crippen LogP contribution in [0.5, 0.6) is 0 Å². The van der Waals surface area contributed by atoms with Gasteiger partial charge >= 0.3 is 0 Å². The molecule has 3 rings (SSSR count). The first kappa shape index (κ1) is 13.9.